The van der Waals surface area contributed by atoms with E-state index in [1.807, 2.05) is 0 Å². The Labute approximate surface area is 217 Å². The van der Waals surface area contributed by atoms with Crippen LogP contribution in [0.3, 0.4) is 0 Å². The van der Waals surface area contributed by atoms with Gasteiger partial charge in [0.05, 0.1) is 5.92 Å². The Morgan fingerprint density at radius 2 is 1.83 bits per heavy atom. The third-order valence-corrected chi connectivity index (χ3v) is 13.5. The zero-order valence-corrected chi connectivity index (χ0v) is 23.4. The number of nitrogens with one attached hydrogen (secondary N) is 1. The van der Waals surface area contributed by atoms with E-state index in [0.717, 1.165) is 32.1 Å². The molecule has 6 rings (SSSR count). The summed E-state index contributed by atoms with van der Waals surface area (Å²) >= 11 is 0. The SMILES string of the molecule is CC1C[C@@H](C(=O)O)C2CCC3(C)C(=CCC4C5(C)Cc6c(N)n[nH]c6C(C)(C)C5CCC43C)C2C1C. The maximum atomic E-state index is 12.3. The zero-order valence-electron chi connectivity index (χ0n) is 23.4. The van der Waals surface area contributed by atoms with Gasteiger partial charge in [-0.2, -0.15) is 5.10 Å². The number of carboxylic acids is 1. The molecule has 4 N–H and O–H groups in total. The number of hydrogen-bond acceptors (Lipinski definition) is 3. The Kier molecular flexibility index (Phi) is 5.05. The molecular weight excluding hydrogens is 446 g/mol. The van der Waals surface area contributed by atoms with Crippen molar-refractivity contribution in [3.63, 3.8) is 0 Å². The Hall–Kier alpha value is -1.78. The van der Waals surface area contributed by atoms with Crippen LogP contribution in [-0.4, -0.2) is 21.3 Å². The molecule has 0 aliphatic heterocycles. The van der Waals surface area contributed by atoms with Crippen molar-refractivity contribution in [3.8, 4) is 0 Å². The second kappa shape index (κ2) is 7.41. The average molecular weight is 494 g/mol. The van der Waals surface area contributed by atoms with E-state index in [1.165, 1.54) is 24.1 Å². The first-order valence-electron chi connectivity index (χ1n) is 14.5. The van der Waals surface area contributed by atoms with Crippen molar-refractivity contribution < 1.29 is 9.90 Å². The fourth-order valence-electron chi connectivity index (χ4n) is 11.3. The number of rotatable bonds is 1. The number of aromatic nitrogens is 2. The molecule has 1 heterocycles. The fraction of sp³-hybridized carbons (Fsp3) is 0.806. The maximum absolute atomic E-state index is 12.3. The van der Waals surface area contributed by atoms with Crippen LogP contribution in [0.5, 0.6) is 0 Å². The van der Waals surface area contributed by atoms with Gasteiger partial charge in [-0.1, -0.05) is 60.1 Å². The van der Waals surface area contributed by atoms with Crippen LogP contribution in [0.2, 0.25) is 0 Å². The lowest BCUT2D eigenvalue weighted by atomic mass is 9.34. The Bertz CT molecular complexity index is 1130. The van der Waals surface area contributed by atoms with Crippen molar-refractivity contribution in [2.75, 3.05) is 5.73 Å². The summed E-state index contributed by atoms with van der Waals surface area (Å²) in [6.45, 7) is 17.3. The molecular formula is C31H47N3O2. The van der Waals surface area contributed by atoms with Gasteiger partial charge in [-0.3, -0.25) is 9.89 Å². The van der Waals surface area contributed by atoms with Gasteiger partial charge in [0, 0.05) is 16.7 Å². The molecule has 0 aromatic carbocycles. The molecule has 5 aliphatic rings. The topological polar surface area (TPSA) is 92.0 Å². The number of nitrogens with zero attached hydrogens (tertiary/aromatic N) is 1. The molecule has 0 spiro atoms. The largest absolute Gasteiger partial charge is 0.481 e. The quantitative estimate of drug-likeness (QED) is 0.384. The Morgan fingerprint density at radius 3 is 2.53 bits per heavy atom. The van der Waals surface area contributed by atoms with E-state index in [2.05, 4.69) is 64.7 Å². The number of anilines is 1. The maximum Gasteiger partial charge on any atom is 0.306 e. The smallest absolute Gasteiger partial charge is 0.306 e. The first-order valence-corrected chi connectivity index (χ1v) is 14.5. The molecule has 9 unspecified atom stereocenters. The molecule has 3 fully saturated rings. The minimum Gasteiger partial charge on any atom is -0.481 e. The molecule has 36 heavy (non-hydrogen) atoms. The molecule has 3 saturated carbocycles. The highest BCUT2D eigenvalue weighted by Gasteiger charge is 2.67. The number of hydrogen-bond donors (Lipinski definition) is 3. The van der Waals surface area contributed by atoms with E-state index in [9.17, 15) is 9.90 Å². The Balaban J connectivity index is 1.45. The highest BCUT2D eigenvalue weighted by molar-refractivity contribution is 5.71. The normalized spacial score (nSPS) is 49.0. The second-order valence-electron chi connectivity index (χ2n) is 14.9. The number of nitrogens with two attached hydrogens (primary N) is 1. The molecule has 1 aromatic rings. The summed E-state index contributed by atoms with van der Waals surface area (Å²) in [5.74, 6) is 2.82. The van der Waals surface area contributed by atoms with Gasteiger partial charge in [-0.15, -0.1) is 0 Å². The van der Waals surface area contributed by atoms with Crippen LogP contribution in [-0.2, 0) is 16.6 Å². The summed E-state index contributed by atoms with van der Waals surface area (Å²) in [6, 6.07) is 0. The zero-order chi connectivity index (χ0) is 26.0. The molecule has 0 bridgehead atoms. The highest BCUT2D eigenvalue weighted by atomic mass is 16.4. The number of carbonyl (C=O) groups is 1. The summed E-state index contributed by atoms with van der Waals surface area (Å²) in [4.78, 5) is 12.3. The number of fused-ring (bicyclic) bond motifs is 8. The number of aliphatic carboxylic acids is 1. The summed E-state index contributed by atoms with van der Waals surface area (Å²) < 4.78 is 0. The van der Waals surface area contributed by atoms with Crippen LogP contribution in [0.4, 0.5) is 5.82 Å². The van der Waals surface area contributed by atoms with E-state index in [0.29, 0.717) is 41.3 Å². The van der Waals surface area contributed by atoms with Crippen molar-refractivity contribution in [3.05, 3.63) is 22.9 Å². The average Bonchev–Trinajstić information content (AvgIpc) is 3.16. The lowest BCUT2D eigenvalue weighted by molar-refractivity contribution is -0.163. The molecule has 0 saturated heterocycles. The van der Waals surface area contributed by atoms with Crippen molar-refractivity contribution in [2.45, 2.75) is 98.8 Å². The van der Waals surface area contributed by atoms with Crippen LogP contribution < -0.4 is 5.73 Å². The Morgan fingerprint density at radius 1 is 1.11 bits per heavy atom. The van der Waals surface area contributed by atoms with E-state index in [-0.39, 0.29) is 27.6 Å². The first kappa shape index (κ1) is 24.6. The summed E-state index contributed by atoms with van der Waals surface area (Å²) in [7, 11) is 0. The van der Waals surface area contributed by atoms with Gasteiger partial charge in [0.25, 0.3) is 0 Å². The van der Waals surface area contributed by atoms with Crippen molar-refractivity contribution in [1.29, 1.82) is 0 Å². The third kappa shape index (κ3) is 2.78. The fourth-order valence-corrected chi connectivity index (χ4v) is 11.3. The molecule has 0 radical (unpaired) electrons. The summed E-state index contributed by atoms with van der Waals surface area (Å²) in [5, 5.41) is 17.9. The van der Waals surface area contributed by atoms with Crippen molar-refractivity contribution in [2.24, 2.45) is 57.7 Å². The van der Waals surface area contributed by atoms with Crippen molar-refractivity contribution >= 4 is 11.8 Å². The molecule has 5 heteroatoms. The van der Waals surface area contributed by atoms with Gasteiger partial charge in [0.2, 0.25) is 0 Å². The lowest BCUT2D eigenvalue weighted by Gasteiger charge is -2.70. The van der Waals surface area contributed by atoms with Gasteiger partial charge in [0.1, 0.15) is 5.82 Å². The molecule has 5 nitrogen and oxygen atoms in total. The second-order valence-corrected chi connectivity index (χ2v) is 14.9. The molecule has 10 atom stereocenters. The van der Waals surface area contributed by atoms with Gasteiger partial charge in [0.15, 0.2) is 0 Å². The number of carboxylic acid groups (broad SMARTS) is 1. The standard InChI is InChI=1S/C31H47N3O2/c1-16-14-19(27(35)36)18-10-12-30(6)21(24(18)17(16)2)8-9-23-29(5)15-20-25(33-34-26(20)32)28(3,4)22(29)11-13-31(23,30)7/h8,16-19,22-24H,9-15H2,1-7H3,(H,35,36)(H3,32,33,34)/t16?,17?,18?,19-,22?,23?,24?,29?,30?,31?/m1/s1. The number of aromatic amines is 1. The van der Waals surface area contributed by atoms with Gasteiger partial charge in [-0.05, 0) is 96.7 Å². The van der Waals surface area contributed by atoms with Gasteiger partial charge in [-0.25, -0.2) is 0 Å². The van der Waals surface area contributed by atoms with Crippen LogP contribution >= 0.6 is 0 Å². The highest BCUT2D eigenvalue weighted by Crippen LogP contribution is 2.74. The van der Waals surface area contributed by atoms with Crippen LogP contribution in [0.25, 0.3) is 0 Å². The van der Waals surface area contributed by atoms with Crippen LogP contribution in [0.1, 0.15) is 98.2 Å². The van der Waals surface area contributed by atoms with E-state index < -0.39 is 5.97 Å². The minimum absolute atomic E-state index is 0.0267. The third-order valence-electron chi connectivity index (χ3n) is 13.5. The predicted molar refractivity (Wildman–Crippen MR) is 143 cm³/mol. The van der Waals surface area contributed by atoms with E-state index in [1.54, 1.807) is 5.57 Å². The van der Waals surface area contributed by atoms with Gasteiger partial charge >= 0.3 is 5.97 Å². The predicted octanol–water partition coefficient (Wildman–Crippen LogP) is 6.60. The number of allylic oxidation sites excluding steroid dienone is 2. The molecule has 198 valence electrons. The van der Waals surface area contributed by atoms with E-state index in [4.69, 9.17) is 5.73 Å². The van der Waals surface area contributed by atoms with Gasteiger partial charge < -0.3 is 10.8 Å². The lowest BCUT2D eigenvalue weighted by Crippen LogP contribution is -2.64. The van der Waals surface area contributed by atoms with Crippen LogP contribution in [0, 0.1) is 57.7 Å². The van der Waals surface area contributed by atoms with Crippen molar-refractivity contribution in [1.82, 2.24) is 10.2 Å². The number of H-pyrrole nitrogens is 1. The van der Waals surface area contributed by atoms with E-state index >= 15 is 0 Å². The van der Waals surface area contributed by atoms with Crippen LogP contribution in [0.15, 0.2) is 11.6 Å². The summed E-state index contributed by atoms with van der Waals surface area (Å²) in [5.41, 5.74) is 11.1. The number of nitrogen functional groups attached to an aromatic ring is 1. The first-order chi connectivity index (χ1) is 16.8. The molecule has 1 aromatic heterocycles. The monoisotopic (exact) mass is 493 g/mol. The molecule has 0 amide bonds. The minimum atomic E-state index is -0.571. The summed E-state index contributed by atoms with van der Waals surface area (Å²) in [6.07, 6.45) is 10.3. The molecule has 5 aliphatic carbocycles.